The number of methoxy groups -OCH3 is 1. The molecule has 0 aromatic heterocycles. The van der Waals surface area contributed by atoms with Crippen LogP contribution in [0.15, 0.2) is 23.2 Å². The van der Waals surface area contributed by atoms with Gasteiger partial charge >= 0.3 is 0 Å². The number of nitrogens with one attached hydrogen (secondary N) is 2. The molecule has 0 bridgehead atoms. The largest absolute Gasteiger partial charge is 0.493 e. The van der Waals surface area contributed by atoms with Gasteiger partial charge in [-0.2, -0.15) is 0 Å². The molecule has 6 heteroatoms. The van der Waals surface area contributed by atoms with E-state index in [0.717, 1.165) is 36.2 Å². The molecule has 1 saturated heterocycles. The zero-order chi connectivity index (χ0) is 20.9. The van der Waals surface area contributed by atoms with Crippen LogP contribution in [-0.4, -0.2) is 64.4 Å². The fourth-order valence-corrected chi connectivity index (χ4v) is 3.71. The van der Waals surface area contributed by atoms with Gasteiger partial charge in [-0.15, -0.1) is 0 Å². The third-order valence-corrected chi connectivity index (χ3v) is 5.64. The maximum Gasteiger partial charge on any atom is 0.191 e. The zero-order valence-electron chi connectivity index (χ0n) is 18.8. The zero-order valence-corrected chi connectivity index (χ0v) is 18.8. The molecule has 1 fully saturated rings. The van der Waals surface area contributed by atoms with Crippen molar-refractivity contribution in [3.63, 3.8) is 0 Å². The summed E-state index contributed by atoms with van der Waals surface area (Å²) in [6.07, 6.45) is 4.72. The molecule has 1 aromatic rings. The van der Waals surface area contributed by atoms with Crippen molar-refractivity contribution < 1.29 is 9.47 Å². The minimum Gasteiger partial charge on any atom is -0.493 e. The molecule has 1 aliphatic heterocycles. The van der Waals surface area contributed by atoms with Crippen molar-refractivity contribution >= 4 is 5.96 Å². The second-order valence-corrected chi connectivity index (χ2v) is 7.82. The molecule has 6 nitrogen and oxygen atoms in total. The highest BCUT2D eigenvalue weighted by molar-refractivity contribution is 5.79. The molecule has 0 radical (unpaired) electrons. The van der Waals surface area contributed by atoms with Gasteiger partial charge < -0.3 is 25.0 Å². The van der Waals surface area contributed by atoms with Crippen molar-refractivity contribution in [3.8, 4) is 5.75 Å². The van der Waals surface area contributed by atoms with E-state index in [1.54, 1.807) is 7.11 Å². The monoisotopic (exact) mass is 404 g/mol. The van der Waals surface area contributed by atoms with Crippen LogP contribution in [0.25, 0.3) is 0 Å². The third-order valence-electron chi connectivity index (χ3n) is 5.64. The summed E-state index contributed by atoms with van der Waals surface area (Å²) in [5.41, 5.74) is 2.34. The Hall–Kier alpha value is -1.79. The van der Waals surface area contributed by atoms with Crippen LogP contribution in [0.5, 0.6) is 5.75 Å². The molecule has 0 atom stereocenters. The molecule has 164 valence electrons. The molecule has 2 rings (SSSR count). The first kappa shape index (κ1) is 23.5. The summed E-state index contributed by atoms with van der Waals surface area (Å²) in [5, 5.41) is 6.90. The van der Waals surface area contributed by atoms with E-state index in [1.165, 1.54) is 44.5 Å². The summed E-state index contributed by atoms with van der Waals surface area (Å²) in [4.78, 5) is 6.92. The fourth-order valence-electron chi connectivity index (χ4n) is 3.71. The minimum atomic E-state index is 0.661. The van der Waals surface area contributed by atoms with Crippen LogP contribution in [0.3, 0.4) is 0 Å². The maximum atomic E-state index is 5.98. The SMILES string of the molecule is CCN1CCC(CCNC(=NC)NCc2ccc(C)cc2OCCCOC)CC1. The number of piperidine rings is 1. The van der Waals surface area contributed by atoms with Crippen LogP contribution < -0.4 is 15.4 Å². The van der Waals surface area contributed by atoms with E-state index < -0.39 is 0 Å². The predicted molar refractivity (Wildman–Crippen MR) is 121 cm³/mol. The summed E-state index contributed by atoms with van der Waals surface area (Å²) in [6.45, 7) is 11.0. The van der Waals surface area contributed by atoms with E-state index in [0.29, 0.717) is 19.8 Å². The van der Waals surface area contributed by atoms with Crippen molar-refractivity contribution in [2.45, 2.75) is 46.1 Å². The molecule has 1 aromatic carbocycles. The van der Waals surface area contributed by atoms with Gasteiger partial charge in [0, 0.05) is 45.8 Å². The number of aliphatic imine (C=N–C) groups is 1. The highest BCUT2D eigenvalue weighted by atomic mass is 16.5. The van der Waals surface area contributed by atoms with Crippen LogP contribution in [0, 0.1) is 12.8 Å². The smallest absolute Gasteiger partial charge is 0.191 e. The van der Waals surface area contributed by atoms with Crippen LogP contribution in [0.1, 0.15) is 43.7 Å². The van der Waals surface area contributed by atoms with E-state index in [9.17, 15) is 0 Å². The highest BCUT2D eigenvalue weighted by Crippen LogP contribution is 2.21. The third kappa shape index (κ3) is 8.62. The lowest BCUT2D eigenvalue weighted by Crippen LogP contribution is -2.39. The van der Waals surface area contributed by atoms with Crippen molar-refractivity contribution in [2.24, 2.45) is 10.9 Å². The summed E-state index contributed by atoms with van der Waals surface area (Å²) >= 11 is 0. The van der Waals surface area contributed by atoms with E-state index >= 15 is 0 Å². The second-order valence-electron chi connectivity index (χ2n) is 7.82. The van der Waals surface area contributed by atoms with Gasteiger partial charge in [-0.25, -0.2) is 0 Å². The molecule has 0 spiro atoms. The van der Waals surface area contributed by atoms with Crippen molar-refractivity contribution in [2.75, 3.05) is 53.6 Å². The molecular weight excluding hydrogens is 364 g/mol. The molecule has 29 heavy (non-hydrogen) atoms. The molecule has 0 saturated carbocycles. The Balaban J connectivity index is 1.75. The normalized spacial score (nSPS) is 16.1. The highest BCUT2D eigenvalue weighted by Gasteiger charge is 2.17. The predicted octanol–water partition coefficient (Wildman–Crippen LogP) is 3.20. The maximum absolute atomic E-state index is 5.98. The van der Waals surface area contributed by atoms with Crippen LogP contribution in [0.2, 0.25) is 0 Å². The number of ether oxygens (including phenoxy) is 2. The molecule has 0 unspecified atom stereocenters. The average Bonchev–Trinajstić information content (AvgIpc) is 2.75. The van der Waals surface area contributed by atoms with Gasteiger partial charge in [-0.3, -0.25) is 4.99 Å². The Morgan fingerprint density at radius 2 is 2.00 bits per heavy atom. The van der Waals surface area contributed by atoms with E-state index in [-0.39, 0.29) is 0 Å². The summed E-state index contributed by atoms with van der Waals surface area (Å²) < 4.78 is 11.1. The number of guanidine groups is 1. The van der Waals surface area contributed by atoms with E-state index in [2.05, 4.69) is 52.6 Å². The van der Waals surface area contributed by atoms with Crippen LogP contribution in [-0.2, 0) is 11.3 Å². The molecule has 2 N–H and O–H groups in total. The number of nitrogens with zero attached hydrogens (tertiary/aromatic N) is 2. The number of aryl methyl sites for hydroxylation is 1. The Morgan fingerprint density at radius 1 is 1.21 bits per heavy atom. The van der Waals surface area contributed by atoms with Crippen LogP contribution in [0.4, 0.5) is 0 Å². The first-order chi connectivity index (χ1) is 14.2. The van der Waals surface area contributed by atoms with Crippen molar-refractivity contribution in [3.05, 3.63) is 29.3 Å². The summed E-state index contributed by atoms with van der Waals surface area (Å²) in [5.74, 6) is 2.61. The van der Waals surface area contributed by atoms with Crippen LogP contribution >= 0.6 is 0 Å². The van der Waals surface area contributed by atoms with Gasteiger partial charge in [-0.05, 0) is 63.4 Å². The van der Waals surface area contributed by atoms with Gasteiger partial charge in [0.1, 0.15) is 5.75 Å². The van der Waals surface area contributed by atoms with E-state index in [4.69, 9.17) is 9.47 Å². The lowest BCUT2D eigenvalue weighted by molar-refractivity contribution is 0.171. The Labute approximate surface area is 177 Å². The molecule has 0 amide bonds. The number of hydrogen-bond acceptors (Lipinski definition) is 4. The topological polar surface area (TPSA) is 58.1 Å². The Morgan fingerprint density at radius 3 is 2.69 bits per heavy atom. The number of hydrogen-bond donors (Lipinski definition) is 2. The molecular formula is C23H40N4O2. The van der Waals surface area contributed by atoms with E-state index in [1.807, 2.05) is 7.05 Å². The van der Waals surface area contributed by atoms with Gasteiger partial charge in [0.15, 0.2) is 5.96 Å². The Kier molecular flexibility index (Phi) is 10.9. The first-order valence-electron chi connectivity index (χ1n) is 11.0. The second kappa shape index (κ2) is 13.4. The first-order valence-corrected chi connectivity index (χ1v) is 11.0. The number of likely N-dealkylation sites (tertiary alicyclic amines) is 1. The van der Waals surface area contributed by atoms with Crippen molar-refractivity contribution in [1.29, 1.82) is 0 Å². The summed E-state index contributed by atoms with van der Waals surface area (Å²) in [6, 6.07) is 6.35. The van der Waals surface area contributed by atoms with Gasteiger partial charge in [0.2, 0.25) is 0 Å². The minimum absolute atomic E-state index is 0.661. The Bertz CT molecular complexity index is 613. The van der Waals surface area contributed by atoms with Gasteiger partial charge in [0.05, 0.1) is 6.61 Å². The summed E-state index contributed by atoms with van der Waals surface area (Å²) in [7, 11) is 3.54. The molecule has 1 aliphatic rings. The van der Waals surface area contributed by atoms with Crippen molar-refractivity contribution in [1.82, 2.24) is 15.5 Å². The molecule has 0 aliphatic carbocycles. The lowest BCUT2D eigenvalue weighted by Gasteiger charge is -2.31. The fraction of sp³-hybridized carbons (Fsp3) is 0.696. The average molecular weight is 405 g/mol. The van der Waals surface area contributed by atoms with Gasteiger partial charge in [0.25, 0.3) is 0 Å². The van der Waals surface area contributed by atoms with Gasteiger partial charge in [-0.1, -0.05) is 19.1 Å². The number of benzene rings is 1. The number of rotatable bonds is 11. The quantitative estimate of drug-likeness (QED) is 0.337. The standard InChI is InChI=1S/C23H40N4O2/c1-5-27-13-10-20(11-14-27)9-12-25-23(24-3)26-18-21-8-7-19(2)17-22(21)29-16-6-15-28-4/h7-8,17,20H,5-6,9-16,18H2,1-4H3,(H2,24,25,26). The lowest BCUT2D eigenvalue weighted by atomic mass is 9.93. The molecule has 1 heterocycles.